The Morgan fingerprint density at radius 2 is 1.74 bits per heavy atom. The highest BCUT2D eigenvalue weighted by Crippen LogP contribution is 2.51. The number of carbonyl (C=O) groups is 2. The van der Waals surface area contributed by atoms with Crippen LogP contribution in [0.2, 0.25) is 0 Å². The van der Waals surface area contributed by atoms with E-state index in [0.717, 1.165) is 42.6 Å². The molecule has 6 rings (SSSR count). The van der Waals surface area contributed by atoms with Gasteiger partial charge < -0.3 is 15.2 Å². The number of amides is 2. The number of imide groups is 1. The lowest BCUT2D eigenvalue weighted by Crippen LogP contribution is -2.34. The number of carbonyl (C=O) groups excluding carboxylic acids is 2. The molecular formula is C36H38N2O4. The largest absolute Gasteiger partial charge is 0.508 e. The Morgan fingerprint density at radius 3 is 2.48 bits per heavy atom. The van der Waals surface area contributed by atoms with Crippen molar-refractivity contribution in [1.29, 1.82) is 0 Å². The molecule has 4 atom stereocenters. The molecule has 42 heavy (non-hydrogen) atoms. The lowest BCUT2D eigenvalue weighted by molar-refractivity contribution is -0.122. The summed E-state index contributed by atoms with van der Waals surface area (Å²) in [5.41, 5.74) is 7.27. The van der Waals surface area contributed by atoms with E-state index in [1.54, 1.807) is 12.1 Å². The second-order valence-electron chi connectivity index (χ2n) is 11.7. The summed E-state index contributed by atoms with van der Waals surface area (Å²) in [6, 6.07) is 24.7. The van der Waals surface area contributed by atoms with Crippen molar-refractivity contribution in [2.75, 3.05) is 16.8 Å². The topological polar surface area (TPSA) is 78.9 Å². The van der Waals surface area contributed by atoms with Crippen molar-refractivity contribution >= 4 is 35.0 Å². The summed E-state index contributed by atoms with van der Waals surface area (Å²) in [6.07, 6.45) is 6.30. The molecule has 2 saturated heterocycles. The van der Waals surface area contributed by atoms with Gasteiger partial charge in [0.25, 0.3) is 0 Å². The van der Waals surface area contributed by atoms with Crippen molar-refractivity contribution in [2.45, 2.75) is 52.1 Å². The van der Waals surface area contributed by atoms with E-state index in [1.807, 2.05) is 66.7 Å². The molecular weight excluding hydrogens is 524 g/mol. The highest BCUT2D eigenvalue weighted by molar-refractivity contribution is 6.22. The number of rotatable bonds is 9. The van der Waals surface area contributed by atoms with Crippen LogP contribution < -0.4 is 10.2 Å². The molecule has 2 amide bonds. The first-order chi connectivity index (χ1) is 20.4. The van der Waals surface area contributed by atoms with Crippen molar-refractivity contribution in [3.05, 3.63) is 101 Å². The van der Waals surface area contributed by atoms with E-state index in [9.17, 15) is 14.7 Å². The molecule has 6 nitrogen and oxygen atoms in total. The summed E-state index contributed by atoms with van der Waals surface area (Å²) in [6.45, 7) is 4.75. The molecule has 0 aromatic heterocycles. The molecule has 0 radical (unpaired) electrons. The van der Waals surface area contributed by atoms with Crippen LogP contribution in [0.15, 0.2) is 95.6 Å². The summed E-state index contributed by atoms with van der Waals surface area (Å²) in [5, 5.41) is 13.2. The maximum Gasteiger partial charge on any atom is 0.238 e. The van der Waals surface area contributed by atoms with E-state index in [2.05, 4.69) is 25.2 Å². The van der Waals surface area contributed by atoms with Crippen molar-refractivity contribution in [3.8, 4) is 5.75 Å². The summed E-state index contributed by atoms with van der Waals surface area (Å²) in [7, 11) is 0. The van der Waals surface area contributed by atoms with Gasteiger partial charge in [-0.25, -0.2) is 0 Å². The molecule has 216 valence electrons. The van der Waals surface area contributed by atoms with Crippen molar-refractivity contribution in [3.63, 3.8) is 0 Å². The number of hydrogen-bond acceptors (Lipinski definition) is 5. The molecule has 2 aliphatic heterocycles. The summed E-state index contributed by atoms with van der Waals surface area (Å²) < 4.78 is 6.39. The first-order valence-corrected chi connectivity index (χ1v) is 15.0. The second kappa shape index (κ2) is 12.0. The number of anilines is 3. The van der Waals surface area contributed by atoms with Crippen LogP contribution in [0.4, 0.5) is 17.1 Å². The number of benzene rings is 3. The molecule has 3 aliphatic rings. The molecule has 3 aromatic carbocycles. The van der Waals surface area contributed by atoms with Crippen LogP contribution in [-0.4, -0.2) is 29.6 Å². The van der Waals surface area contributed by atoms with Gasteiger partial charge in [-0.2, -0.15) is 0 Å². The zero-order valence-electron chi connectivity index (χ0n) is 24.3. The molecule has 0 unspecified atom stereocenters. The van der Waals surface area contributed by atoms with Gasteiger partial charge in [-0.1, -0.05) is 60.9 Å². The number of nitrogens with zero attached hydrogens (tertiary/aromatic N) is 1. The average Bonchev–Trinajstić information content (AvgIpc) is 3.51. The standard InChI is InChI=1S/C36H38N2O4/c1-3-8-25-21-30-34(31-22-42-32(33(25)31)18-13-23(2)19-24-9-7-12-29(39)20-24)36(41)38(35(30)40)28-16-14-27(15-17-28)37-26-10-5-4-6-11-26/h4-7,9-12,14-17,19-20,30-32,34,37,39H,3,8,13,18,21-22H2,1-2H3/b23-19+/t30-,31+,32-,34-/m1/s1. The summed E-state index contributed by atoms with van der Waals surface area (Å²) in [4.78, 5) is 29.1. The van der Waals surface area contributed by atoms with E-state index in [1.165, 1.54) is 21.6 Å². The molecule has 6 heteroatoms. The average molecular weight is 563 g/mol. The smallest absolute Gasteiger partial charge is 0.238 e. The number of para-hydroxylation sites is 1. The molecule has 0 saturated carbocycles. The van der Waals surface area contributed by atoms with E-state index < -0.39 is 0 Å². The van der Waals surface area contributed by atoms with Crippen LogP contribution >= 0.6 is 0 Å². The van der Waals surface area contributed by atoms with E-state index in [4.69, 9.17) is 4.74 Å². The Balaban J connectivity index is 1.19. The minimum atomic E-state index is -0.371. The molecule has 1 aliphatic carbocycles. The van der Waals surface area contributed by atoms with Crippen molar-refractivity contribution in [2.24, 2.45) is 17.8 Å². The number of fused-ring (bicyclic) bond motifs is 3. The SMILES string of the molecule is CCCC1=C2[C@@H](CC/C(C)=C/c3cccc(O)c3)OC[C@@H]2[C@@H]2C(=O)N(c3ccc(Nc4ccccc4)cc3)C(=O)[C@@H]2C1. The van der Waals surface area contributed by atoms with Crippen molar-refractivity contribution < 1.29 is 19.4 Å². The van der Waals surface area contributed by atoms with Crippen LogP contribution in [0.5, 0.6) is 5.75 Å². The fourth-order valence-electron chi connectivity index (χ4n) is 6.98. The fraction of sp³-hybridized carbons (Fsp3) is 0.333. The van der Waals surface area contributed by atoms with Gasteiger partial charge in [0.05, 0.1) is 30.2 Å². The van der Waals surface area contributed by atoms with Crippen LogP contribution in [0, 0.1) is 17.8 Å². The number of aromatic hydroxyl groups is 1. The number of ether oxygens (including phenoxy) is 1. The molecule has 3 aromatic rings. The Labute approximate surface area is 247 Å². The van der Waals surface area contributed by atoms with Gasteiger partial charge >= 0.3 is 0 Å². The van der Waals surface area contributed by atoms with Gasteiger partial charge in [0, 0.05) is 17.3 Å². The lowest BCUT2D eigenvalue weighted by Gasteiger charge is -2.31. The normalized spacial score (nSPS) is 23.8. The number of phenolic OH excluding ortho intramolecular Hbond substituents is 1. The van der Waals surface area contributed by atoms with Gasteiger partial charge in [0.1, 0.15) is 5.75 Å². The van der Waals surface area contributed by atoms with Crippen molar-refractivity contribution in [1.82, 2.24) is 0 Å². The Bertz CT molecular complexity index is 1530. The van der Waals surface area contributed by atoms with E-state index in [0.29, 0.717) is 18.7 Å². The first kappa shape index (κ1) is 28.0. The van der Waals surface area contributed by atoms with Gasteiger partial charge in [0.15, 0.2) is 0 Å². The minimum Gasteiger partial charge on any atom is -0.508 e. The Hall–Kier alpha value is -4.16. The Morgan fingerprint density at radius 1 is 0.976 bits per heavy atom. The quantitative estimate of drug-likeness (QED) is 0.207. The van der Waals surface area contributed by atoms with Gasteiger partial charge in [-0.15, -0.1) is 0 Å². The number of hydrogen-bond donors (Lipinski definition) is 2. The maximum absolute atomic E-state index is 13.9. The second-order valence-corrected chi connectivity index (χ2v) is 11.7. The number of allylic oxidation sites excluding steroid dienone is 2. The molecule has 0 bridgehead atoms. The lowest BCUT2D eigenvalue weighted by atomic mass is 9.68. The maximum atomic E-state index is 13.9. The van der Waals surface area contributed by atoms with Crippen LogP contribution in [0.3, 0.4) is 0 Å². The summed E-state index contributed by atoms with van der Waals surface area (Å²) >= 11 is 0. The third-order valence-corrected chi connectivity index (χ3v) is 8.83. The fourth-order valence-corrected chi connectivity index (χ4v) is 6.98. The van der Waals surface area contributed by atoms with Crippen LogP contribution in [0.1, 0.15) is 51.5 Å². The van der Waals surface area contributed by atoms with E-state index >= 15 is 0 Å². The Kier molecular flexibility index (Phi) is 7.98. The van der Waals surface area contributed by atoms with Crippen LogP contribution in [0.25, 0.3) is 6.08 Å². The number of nitrogens with one attached hydrogen (secondary N) is 1. The highest BCUT2D eigenvalue weighted by Gasteiger charge is 2.57. The third-order valence-electron chi connectivity index (χ3n) is 8.83. The molecule has 2 fully saturated rings. The highest BCUT2D eigenvalue weighted by atomic mass is 16.5. The van der Waals surface area contributed by atoms with Gasteiger partial charge in [0.2, 0.25) is 11.8 Å². The zero-order chi connectivity index (χ0) is 29.2. The molecule has 2 heterocycles. The van der Waals surface area contributed by atoms with E-state index in [-0.39, 0.29) is 41.4 Å². The number of phenols is 1. The zero-order valence-corrected chi connectivity index (χ0v) is 24.3. The predicted molar refractivity (Wildman–Crippen MR) is 166 cm³/mol. The monoisotopic (exact) mass is 562 g/mol. The third kappa shape index (κ3) is 5.51. The first-order valence-electron chi connectivity index (χ1n) is 15.0. The molecule has 2 N–H and O–H groups in total. The van der Waals surface area contributed by atoms with Crippen LogP contribution in [-0.2, 0) is 14.3 Å². The predicted octanol–water partition coefficient (Wildman–Crippen LogP) is 7.64. The van der Waals surface area contributed by atoms with Gasteiger partial charge in [-0.05, 0) is 92.3 Å². The summed E-state index contributed by atoms with van der Waals surface area (Å²) in [5.74, 6) is -0.681. The van der Waals surface area contributed by atoms with Gasteiger partial charge in [-0.3, -0.25) is 14.5 Å². The minimum absolute atomic E-state index is 0.0367. The molecule has 0 spiro atoms.